The highest BCUT2D eigenvalue weighted by molar-refractivity contribution is 7.88. The molecule has 0 amide bonds. The van der Waals surface area contributed by atoms with Gasteiger partial charge >= 0.3 is 0 Å². The van der Waals surface area contributed by atoms with E-state index >= 15 is 0 Å². The van der Waals surface area contributed by atoms with E-state index in [2.05, 4.69) is 40.8 Å². The number of benzene rings is 1. The molecule has 1 aliphatic rings. The molecule has 2 unspecified atom stereocenters. The van der Waals surface area contributed by atoms with Crippen LogP contribution in [0.25, 0.3) is 0 Å². The van der Waals surface area contributed by atoms with Crippen LogP contribution < -0.4 is 4.72 Å². The minimum atomic E-state index is -3.19. The van der Waals surface area contributed by atoms with E-state index in [-0.39, 0.29) is 12.0 Å². The fourth-order valence-electron chi connectivity index (χ4n) is 3.17. The van der Waals surface area contributed by atoms with Crippen LogP contribution in [0.4, 0.5) is 0 Å². The van der Waals surface area contributed by atoms with Crippen molar-refractivity contribution in [2.75, 3.05) is 33.1 Å². The third-order valence-corrected chi connectivity index (χ3v) is 5.07. The zero-order valence-corrected chi connectivity index (χ0v) is 14.3. The number of sulfonamides is 1. The van der Waals surface area contributed by atoms with Gasteiger partial charge in [-0.05, 0) is 18.9 Å². The Balaban J connectivity index is 2.06. The molecule has 22 heavy (non-hydrogen) atoms. The van der Waals surface area contributed by atoms with E-state index in [4.69, 9.17) is 4.74 Å². The van der Waals surface area contributed by atoms with Crippen LogP contribution in [-0.2, 0) is 14.8 Å². The molecule has 1 heterocycles. The van der Waals surface area contributed by atoms with Crippen LogP contribution >= 0.6 is 0 Å². The fraction of sp³-hybridized carbons (Fsp3) is 0.625. The molecule has 0 saturated carbocycles. The first kappa shape index (κ1) is 17.4. The molecule has 0 aromatic heterocycles. The van der Waals surface area contributed by atoms with Crippen molar-refractivity contribution in [1.29, 1.82) is 0 Å². The van der Waals surface area contributed by atoms with E-state index in [0.29, 0.717) is 12.6 Å². The zero-order valence-electron chi connectivity index (χ0n) is 13.5. The van der Waals surface area contributed by atoms with Crippen LogP contribution in [0.15, 0.2) is 30.3 Å². The van der Waals surface area contributed by atoms with Gasteiger partial charge < -0.3 is 4.74 Å². The van der Waals surface area contributed by atoms with Crippen molar-refractivity contribution >= 4 is 10.0 Å². The standard InChI is InChI=1S/C16H26N2O3S/c1-13(14-7-5-4-6-8-14)18-10-9-16(17-22(3,19)20)15(11-18)12-21-2/h4-8,13,15-17H,9-12H2,1-3H3/t13-,15?,16?/m0/s1. The zero-order chi connectivity index (χ0) is 16.2. The van der Waals surface area contributed by atoms with Gasteiger partial charge in [0.25, 0.3) is 0 Å². The lowest BCUT2D eigenvalue weighted by Crippen LogP contribution is -2.52. The van der Waals surface area contributed by atoms with Crippen molar-refractivity contribution in [3.63, 3.8) is 0 Å². The van der Waals surface area contributed by atoms with Gasteiger partial charge in [0.2, 0.25) is 10.0 Å². The summed E-state index contributed by atoms with van der Waals surface area (Å²) in [5.41, 5.74) is 1.29. The van der Waals surface area contributed by atoms with Crippen molar-refractivity contribution < 1.29 is 13.2 Å². The average molecular weight is 326 g/mol. The Labute approximate surface area is 133 Å². The summed E-state index contributed by atoms with van der Waals surface area (Å²) >= 11 is 0. The van der Waals surface area contributed by atoms with Gasteiger partial charge in [0.15, 0.2) is 0 Å². The SMILES string of the molecule is COCC1CN([C@@H](C)c2ccccc2)CCC1NS(C)(=O)=O. The molecule has 0 aliphatic carbocycles. The monoisotopic (exact) mass is 326 g/mol. The van der Waals surface area contributed by atoms with Crippen LogP contribution in [0.5, 0.6) is 0 Å². The van der Waals surface area contributed by atoms with Gasteiger partial charge in [-0.3, -0.25) is 4.90 Å². The number of methoxy groups -OCH3 is 1. The third-order valence-electron chi connectivity index (χ3n) is 4.34. The highest BCUT2D eigenvalue weighted by Gasteiger charge is 2.33. The van der Waals surface area contributed by atoms with Gasteiger partial charge in [-0.2, -0.15) is 0 Å². The summed E-state index contributed by atoms with van der Waals surface area (Å²) in [6, 6.07) is 10.7. The number of rotatable bonds is 6. The molecule has 2 rings (SSSR count). The van der Waals surface area contributed by atoms with Gasteiger partial charge in [-0.25, -0.2) is 13.1 Å². The molecule has 124 valence electrons. The van der Waals surface area contributed by atoms with Gasteiger partial charge in [0.1, 0.15) is 0 Å². The second-order valence-corrected chi connectivity index (χ2v) is 7.86. The average Bonchev–Trinajstić information content (AvgIpc) is 2.48. The molecule has 1 fully saturated rings. The Morgan fingerprint density at radius 3 is 2.64 bits per heavy atom. The molecule has 1 saturated heterocycles. The lowest BCUT2D eigenvalue weighted by Gasteiger charge is -2.41. The Hall–Kier alpha value is -0.950. The molecule has 0 spiro atoms. The number of nitrogens with one attached hydrogen (secondary N) is 1. The Bertz CT molecular complexity index is 562. The van der Waals surface area contributed by atoms with E-state index in [1.54, 1.807) is 7.11 Å². The first-order valence-electron chi connectivity index (χ1n) is 7.66. The summed E-state index contributed by atoms with van der Waals surface area (Å²) in [6.07, 6.45) is 2.02. The van der Waals surface area contributed by atoms with Crippen molar-refractivity contribution in [2.45, 2.75) is 25.4 Å². The van der Waals surface area contributed by atoms with Gasteiger partial charge in [0.05, 0.1) is 12.9 Å². The number of ether oxygens (including phenoxy) is 1. The maximum absolute atomic E-state index is 11.5. The molecule has 1 aliphatic heterocycles. The molecular formula is C16H26N2O3S. The quantitative estimate of drug-likeness (QED) is 0.863. The first-order chi connectivity index (χ1) is 10.4. The molecule has 3 atom stereocenters. The van der Waals surface area contributed by atoms with Crippen molar-refractivity contribution in [2.24, 2.45) is 5.92 Å². The molecule has 1 aromatic carbocycles. The summed E-state index contributed by atoms with van der Waals surface area (Å²) in [4.78, 5) is 2.40. The molecular weight excluding hydrogens is 300 g/mol. The van der Waals surface area contributed by atoms with E-state index in [1.807, 2.05) is 6.07 Å². The summed E-state index contributed by atoms with van der Waals surface area (Å²) in [6.45, 7) is 4.47. The summed E-state index contributed by atoms with van der Waals surface area (Å²) < 4.78 is 31.1. The van der Waals surface area contributed by atoms with E-state index in [9.17, 15) is 8.42 Å². The maximum Gasteiger partial charge on any atom is 0.208 e. The minimum Gasteiger partial charge on any atom is -0.384 e. The Morgan fingerprint density at radius 2 is 2.05 bits per heavy atom. The molecule has 5 nitrogen and oxygen atoms in total. The predicted molar refractivity (Wildman–Crippen MR) is 88.2 cm³/mol. The highest BCUT2D eigenvalue weighted by atomic mass is 32.2. The lowest BCUT2D eigenvalue weighted by molar-refractivity contribution is 0.0554. The van der Waals surface area contributed by atoms with Gasteiger partial charge in [0, 0.05) is 38.2 Å². The second-order valence-electron chi connectivity index (χ2n) is 6.08. The van der Waals surface area contributed by atoms with Crippen LogP contribution in [0.2, 0.25) is 0 Å². The van der Waals surface area contributed by atoms with Crippen LogP contribution in [-0.4, -0.2) is 52.4 Å². The smallest absolute Gasteiger partial charge is 0.208 e. The third kappa shape index (κ3) is 4.78. The Morgan fingerprint density at radius 1 is 1.36 bits per heavy atom. The number of piperidine rings is 1. The van der Waals surface area contributed by atoms with Gasteiger partial charge in [-0.1, -0.05) is 30.3 Å². The van der Waals surface area contributed by atoms with E-state index in [1.165, 1.54) is 11.8 Å². The lowest BCUT2D eigenvalue weighted by atomic mass is 9.91. The second kappa shape index (κ2) is 7.55. The minimum absolute atomic E-state index is 0.0471. The summed E-state index contributed by atoms with van der Waals surface area (Å²) in [7, 11) is -1.53. The van der Waals surface area contributed by atoms with Crippen molar-refractivity contribution in [3.8, 4) is 0 Å². The largest absolute Gasteiger partial charge is 0.384 e. The molecule has 1 N–H and O–H groups in total. The predicted octanol–water partition coefficient (Wildman–Crippen LogP) is 1.63. The van der Waals surface area contributed by atoms with E-state index in [0.717, 1.165) is 19.5 Å². The molecule has 1 aromatic rings. The normalized spacial score (nSPS) is 25.0. The molecule has 0 bridgehead atoms. The van der Waals surface area contributed by atoms with E-state index < -0.39 is 10.0 Å². The fourth-order valence-corrected chi connectivity index (χ4v) is 4.03. The number of nitrogens with zero attached hydrogens (tertiary/aromatic N) is 1. The number of hydrogen-bond donors (Lipinski definition) is 1. The van der Waals surface area contributed by atoms with Crippen molar-refractivity contribution in [3.05, 3.63) is 35.9 Å². The summed E-state index contributed by atoms with van der Waals surface area (Å²) in [5.74, 6) is 0.166. The summed E-state index contributed by atoms with van der Waals surface area (Å²) in [5, 5.41) is 0. The van der Waals surface area contributed by atoms with Crippen LogP contribution in [0, 0.1) is 5.92 Å². The maximum atomic E-state index is 11.5. The molecule has 6 heteroatoms. The number of likely N-dealkylation sites (tertiary alicyclic amines) is 1. The van der Waals surface area contributed by atoms with Crippen LogP contribution in [0.3, 0.4) is 0 Å². The topological polar surface area (TPSA) is 58.6 Å². The molecule has 0 radical (unpaired) electrons. The highest BCUT2D eigenvalue weighted by Crippen LogP contribution is 2.27. The first-order valence-corrected chi connectivity index (χ1v) is 9.55. The van der Waals surface area contributed by atoms with Crippen LogP contribution in [0.1, 0.15) is 24.9 Å². The number of hydrogen-bond acceptors (Lipinski definition) is 4. The van der Waals surface area contributed by atoms with Crippen molar-refractivity contribution in [1.82, 2.24) is 9.62 Å². The van der Waals surface area contributed by atoms with Gasteiger partial charge in [-0.15, -0.1) is 0 Å². The Kier molecular flexibility index (Phi) is 5.97.